The quantitative estimate of drug-likeness (QED) is 0.726. The van der Waals surface area contributed by atoms with E-state index in [1.54, 1.807) is 23.9 Å². The highest BCUT2D eigenvalue weighted by molar-refractivity contribution is 7.97. The minimum atomic E-state index is 0.208. The number of benzene rings is 2. The van der Waals surface area contributed by atoms with Gasteiger partial charge in [0.15, 0.2) is 0 Å². The second-order valence-corrected chi connectivity index (χ2v) is 5.93. The van der Waals surface area contributed by atoms with Crippen LogP contribution in [0.5, 0.6) is 5.75 Å². The highest BCUT2D eigenvalue weighted by atomic mass is 32.2. The second kappa shape index (κ2) is 7.15. The zero-order valence-electron chi connectivity index (χ0n) is 12.7. The Labute approximate surface area is 139 Å². The molecule has 0 fully saturated rings. The summed E-state index contributed by atoms with van der Waals surface area (Å²) in [5, 5.41) is 13.2. The maximum atomic E-state index is 9.96. The summed E-state index contributed by atoms with van der Waals surface area (Å²) in [6.07, 6.45) is 3.58. The van der Waals surface area contributed by atoms with Crippen molar-refractivity contribution in [3.63, 3.8) is 0 Å². The van der Waals surface area contributed by atoms with Crippen molar-refractivity contribution in [3.05, 3.63) is 66.5 Å². The summed E-state index contributed by atoms with van der Waals surface area (Å²) in [5.74, 6) is 1.88. The molecule has 0 radical (unpaired) electrons. The number of hydrogen-bond acceptors (Lipinski definition) is 5. The molecule has 4 nitrogen and oxygen atoms in total. The fourth-order valence-corrected chi connectivity index (χ4v) is 2.83. The number of hydrogen-bond donors (Lipinski definition) is 2. The van der Waals surface area contributed by atoms with Crippen LogP contribution in [0.3, 0.4) is 0 Å². The molecule has 0 bridgehead atoms. The minimum Gasteiger partial charge on any atom is -0.507 e. The number of rotatable bonds is 5. The molecule has 0 aliphatic heterocycles. The Morgan fingerprint density at radius 2 is 1.91 bits per heavy atom. The van der Waals surface area contributed by atoms with E-state index in [1.807, 2.05) is 30.3 Å². The van der Waals surface area contributed by atoms with Crippen molar-refractivity contribution in [1.29, 1.82) is 0 Å². The number of phenolic OH excluding ortho intramolecular Hbond substituents is 1. The van der Waals surface area contributed by atoms with Crippen LogP contribution in [-0.4, -0.2) is 21.3 Å². The lowest BCUT2D eigenvalue weighted by atomic mass is 10.1. The van der Waals surface area contributed by atoms with Gasteiger partial charge in [-0.05, 0) is 36.1 Å². The van der Waals surface area contributed by atoms with E-state index in [2.05, 4.69) is 33.7 Å². The van der Waals surface area contributed by atoms with Gasteiger partial charge in [0.1, 0.15) is 17.9 Å². The topological polar surface area (TPSA) is 58.0 Å². The average molecular weight is 323 g/mol. The first-order chi connectivity index (χ1) is 11.3. The molecule has 0 aliphatic rings. The van der Waals surface area contributed by atoms with Crippen molar-refractivity contribution in [2.45, 2.75) is 5.75 Å². The third-order valence-corrected chi connectivity index (χ3v) is 3.98. The molecule has 0 amide bonds. The predicted molar refractivity (Wildman–Crippen MR) is 96.1 cm³/mol. The molecule has 1 aromatic heterocycles. The van der Waals surface area contributed by atoms with Gasteiger partial charge in [0, 0.05) is 23.1 Å². The fraction of sp³-hybridized carbons (Fsp3) is 0.111. The van der Waals surface area contributed by atoms with E-state index in [0.29, 0.717) is 17.1 Å². The Hall–Kier alpha value is -2.53. The smallest absolute Gasteiger partial charge is 0.134 e. The first-order valence-corrected chi connectivity index (χ1v) is 8.61. The van der Waals surface area contributed by atoms with Crippen LogP contribution < -0.4 is 5.32 Å². The number of aromatic nitrogens is 2. The minimum absolute atomic E-state index is 0.208. The zero-order valence-corrected chi connectivity index (χ0v) is 13.5. The largest absolute Gasteiger partial charge is 0.507 e. The average Bonchev–Trinajstić information content (AvgIpc) is 2.56. The number of thioether (sulfide) groups is 1. The van der Waals surface area contributed by atoms with Crippen LogP contribution in [0.1, 0.15) is 5.56 Å². The maximum Gasteiger partial charge on any atom is 0.134 e. The molecule has 3 rings (SSSR count). The predicted octanol–water partition coefficient (Wildman–Crippen LogP) is 4.46. The lowest BCUT2D eigenvalue weighted by molar-refractivity contribution is 0.477. The molecule has 0 saturated carbocycles. The molecule has 0 spiro atoms. The van der Waals surface area contributed by atoms with Gasteiger partial charge in [-0.25, -0.2) is 9.97 Å². The van der Waals surface area contributed by atoms with Gasteiger partial charge in [-0.2, -0.15) is 11.8 Å². The molecule has 5 heteroatoms. The summed E-state index contributed by atoms with van der Waals surface area (Å²) in [6, 6.07) is 17.2. The first-order valence-electron chi connectivity index (χ1n) is 7.21. The van der Waals surface area contributed by atoms with Crippen LogP contribution in [0.2, 0.25) is 0 Å². The summed E-state index contributed by atoms with van der Waals surface area (Å²) < 4.78 is 0. The van der Waals surface area contributed by atoms with Gasteiger partial charge >= 0.3 is 0 Å². The summed E-state index contributed by atoms with van der Waals surface area (Å²) >= 11 is 1.79. The molecule has 23 heavy (non-hydrogen) atoms. The van der Waals surface area contributed by atoms with Crippen molar-refractivity contribution < 1.29 is 5.11 Å². The fourth-order valence-electron chi connectivity index (χ4n) is 2.32. The number of phenols is 1. The zero-order chi connectivity index (χ0) is 16.1. The maximum absolute atomic E-state index is 9.96. The van der Waals surface area contributed by atoms with Crippen molar-refractivity contribution in [3.8, 4) is 17.0 Å². The van der Waals surface area contributed by atoms with Crippen LogP contribution in [0.15, 0.2) is 60.9 Å². The van der Waals surface area contributed by atoms with Crippen molar-refractivity contribution >= 4 is 23.3 Å². The molecule has 116 valence electrons. The third-order valence-electron chi connectivity index (χ3n) is 3.36. The van der Waals surface area contributed by atoms with E-state index in [-0.39, 0.29) is 5.75 Å². The highest BCUT2D eigenvalue weighted by Gasteiger charge is 2.06. The van der Waals surface area contributed by atoms with E-state index in [4.69, 9.17) is 0 Å². The van der Waals surface area contributed by atoms with Gasteiger partial charge in [0.05, 0.1) is 5.69 Å². The molecule has 0 saturated heterocycles. The van der Waals surface area contributed by atoms with Crippen LogP contribution in [0.4, 0.5) is 11.5 Å². The summed E-state index contributed by atoms with van der Waals surface area (Å²) in [6.45, 7) is 0. The molecular formula is C18H17N3OS. The normalized spacial score (nSPS) is 10.5. The molecule has 2 aromatic carbocycles. The summed E-state index contributed by atoms with van der Waals surface area (Å²) in [4.78, 5) is 8.50. The van der Waals surface area contributed by atoms with E-state index >= 15 is 0 Å². The van der Waals surface area contributed by atoms with E-state index in [0.717, 1.165) is 11.4 Å². The molecule has 0 aliphatic carbocycles. The van der Waals surface area contributed by atoms with Crippen LogP contribution in [0, 0.1) is 0 Å². The first kappa shape index (κ1) is 15.4. The molecule has 1 heterocycles. The number of anilines is 2. The van der Waals surface area contributed by atoms with Gasteiger partial charge in [0.2, 0.25) is 0 Å². The second-order valence-electron chi connectivity index (χ2n) is 5.06. The molecule has 0 atom stereocenters. The molecule has 3 aromatic rings. The van der Waals surface area contributed by atoms with Crippen molar-refractivity contribution in [2.75, 3.05) is 11.6 Å². The SMILES string of the molecule is CSCc1cccc(Nc2cc(-c3ccccc3O)ncn2)c1. The Bertz CT molecular complexity index is 808. The van der Waals surface area contributed by atoms with Crippen LogP contribution in [0.25, 0.3) is 11.3 Å². The Morgan fingerprint density at radius 3 is 2.74 bits per heavy atom. The highest BCUT2D eigenvalue weighted by Crippen LogP contribution is 2.28. The Kier molecular flexibility index (Phi) is 4.78. The standard InChI is InChI=1S/C18H17N3OS/c1-23-11-13-5-4-6-14(9-13)21-18-10-16(19-12-20-18)15-7-2-3-8-17(15)22/h2-10,12,22H,11H2,1H3,(H,19,20,21). The van der Waals surface area contributed by atoms with Gasteiger partial charge in [0.25, 0.3) is 0 Å². The molecule has 2 N–H and O–H groups in total. The Balaban J connectivity index is 1.86. The lowest BCUT2D eigenvalue weighted by Crippen LogP contribution is -1.96. The summed E-state index contributed by atoms with van der Waals surface area (Å²) in [5.41, 5.74) is 3.62. The number of nitrogens with one attached hydrogen (secondary N) is 1. The monoisotopic (exact) mass is 323 g/mol. The van der Waals surface area contributed by atoms with Gasteiger partial charge in [-0.3, -0.25) is 0 Å². The van der Waals surface area contributed by atoms with Crippen LogP contribution in [-0.2, 0) is 5.75 Å². The van der Waals surface area contributed by atoms with Crippen LogP contribution >= 0.6 is 11.8 Å². The third kappa shape index (κ3) is 3.81. The molecule has 0 unspecified atom stereocenters. The number of nitrogens with zero attached hydrogens (tertiary/aromatic N) is 2. The number of para-hydroxylation sites is 1. The van der Waals surface area contributed by atoms with E-state index in [9.17, 15) is 5.11 Å². The van der Waals surface area contributed by atoms with Gasteiger partial charge in [-0.15, -0.1) is 0 Å². The summed E-state index contributed by atoms with van der Waals surface area (Å²) in [7, 11) is 0. The number of aromatic hydroxyl groups is 1. The van der Waals surface area contributed by atoms with E-state index in [1.165, 1.54) is 11.9 Å². The molecular weight excluding hydrogens is 306 g/mol. The van der Waals surface area contributed by atoms with Crippen molar-refractivity contribution in [2.24, 2.45) is 0 Å². The lowest BCUT2D eigenvalue weighted by Gasteiger charge is -2.09. The van der Waals surface area contributed by atoms with Gasteiger partial charge < -0.3 is 10.4 Å². The van der Waals surface area contributed by atoms with Crippen molar-refractivity contribution in [1.82, 2.24) is 9.97 Å². The van der Waals surface area contributed by atoms with E-state index < -0.39 is 0 Å². The Morgan fingerprint density at radius 1 is 1.04 bits per heavy atom. The van der Waals surface area contributed by atoms with Gasteiger partial charge in [-0.1, -0.05) is 24.3 Å².